The highest BCUT2D eigenvalue weighted by Gasteiger charge is 2.28. The van der Waals surface area contributed by atoms with Gasteiger partial charge >= 0.3 is 0 Å². The van der Waals surface area contributed by atoms with Crippen LogP contribution in [0.5, 0.6) is 17.2 Å². The summed E-state index contributed by atoms with van der Waals surface area (Å²) in [6.45, 7) is 3.94. The number of hydrogen-bond donors (Lipinski definition) is 1. The third-order valence-corrected chi connectivity index (χ3v) is 7.83. The molecule has 1 fully saturated rings. The van der Waals surface area contributed by atoms with Crippen LogP contribution in [0.2, 0.25) is 0 Å². The molecule has 8 heteroatoms. The van der Waals surface area contributed by atoms with E-state index in [-0.39, 0.29) is 18.4 Å². The molecular formula is C32H37N3O5. The third-order valence-electron chi connectivity index (χ3n) is 7.83. The maximum absolute atomic E-state index is 13.2. The van der Waals surface area contributed by atoms with Crippen LogP contribution in [0.25, 0.3) is 0 Å². The number of anilines is 1. The fraction of sp³-hybridized carbons (Fsp3) is 0.375. The summed E-state index contributed by atoms with van der Waals surface area (Å²) in [5.74, 6) is 2.43. The molecule has 210 valence electrons. The number of para-hydroxylation sites is 2. The highest BCUT2D eigenvalue weighted by Crippen LogP contribution is 2.33. The van der Waals surface area contributed by atoms with Gasteiger partial charge in [0.05, 0.1) is 19.9 Å². The highest BCUT2D eigenvalue weighted by atomic mass is 16.5. The van der Waals surface area contributed by atoms with E-state index in [1.165, 1.54) is 0 Å². The Bertz CT molecular complexity index is 1340. The summed E-state index contributed by atoms with van der Waals surface area (Å²) in [5.41, 5.74) is 3.78. The van der Waals surface area contributed by atoms with Gasteiger partial charge in [-0.15, -0.1) is 0 Å². The lowest BCUT2D eigenvalue weighted by molar-refractivity contribution is -0.121. The maximum atomic E-state index is 13.2. The zero-order valence-electron chi connectivity index (χ0n) is 23.2. The second-order valence-electron chi connectivity index (χ2n) is 10.2. The lowest BCUT2D eigenvalue weighted by Crippen LogP contribution is -2.45. The molecule has 0 spiro atoms. The van der Waals surface area contributed by atoms with Crippen LogP contribution >= 0.6 is 0 Å². The van der Waals surface area contributed by atoms with Gasteiger partial charge in [-0.1, -0.05) is 36.4 Å². The van der Waals surface area contributed by atoms with Gasteiger partial charge in [0.1, 0.15) is 5.75 Å². The van der Waals surface area contributed by atoms with Crippen LogP contribution in [0.15, 0.2) is 66.7 Å². The van der Waals surface area contributed by atoms with Gasteiger partial charge in [0.25, 0.3) is 11.8 Å². The van der Waals surface area contributed by atoms with Gasteiger partial charge in [0.15, 0.2) is 18.1 Å². The van der Waals surface area contributed by atoms with E-state index in [0.29, 0.717) is 36.9 Å². The largest absolute Gasteiger partial charge is 0.493 e. The molecule has 3 aromatic rings. The predicted molar refractivity (Wildman–Crippen MR) is 155 cm³/mol. The van der Waals surface area contributed by atoms with Gasteiger partial charge in [-0.3, -0.25) is 9.59 Å². The molecule has 1 N–H and O–H groups in total. The minimum Gasteiger partial charge on any atom is -0.493 e. The molecule has 0 radical (unpaired) electrons. The Balaban J connectivity index is 1.13. The molecule has 0 bridgehead atoms. The van der Waals surface area contributed by atoms with Crippen LogP contribution in [0, 0.1) is 0 Å². The van der Waals surface area contributed by atoms with Crippen molar-refractivity contribution in [3.05, 3.63) is 83.4 Å². The molecule has 0 atom stereocenters. The Labute approximate surface area is 235 Å². The van der Waals surface area contributed by atoms with E-state index in [9.17, 15) is 9.59 Å². The fourth-order valence-corrected chi connectivity index (χ4v) is 5.62. The van der Waals surface area contributed by atoms with Crippen molar-refractivity contribution in [2.24, 2.45) is 0 Å². The molecule has 2 aliphatic rings. The van der Waals surface area contributed by atoms with Crippen molar-refractivity contribution in [2.75, 3.05) is 58.5 Å². The summed E-state index contributed by atoms with van der Waals surface area (Å²) in [6.07, 6.45) is 2.65. The topological polar surface area (TPSA) is 80.3 Å². The predicted octanol–water partition coefficient (Wildman–Crippen LogP) is 4.28. The summed E-state index contributed by atoms with van der Waals surface area (Å²) in [4.78, 5) is 29.9. The van der Waals surface area contributed by atoms with Gasteiger partial charge in [-0.2, -0.15) is 0 Å². The Hall–Kier alpha value is -4.04. The number of nitrogens with zero attached hydrogens (tertiary/aromatic N) is 2. The number of likely N-dealkylation sites (tertiary alicyclic amines) is 1. The number of piperidine rings is 1. The van der Waals surface area contributed by atoms with E-state index in [4.69, 9.17) is 14.2 Å². The number of fused-ring (bicyclic) bond motifs is 1. The molecular weight excluding hydrogens is 506 g/mol. The summed E-state index contributed by atoms with van der Waals surface area (Å²) < 4.78 is 16.3. The monoisotopic (exact) mass is 543 g/mol. The molecule has 0 unspecified atom stereocenters. The first-order chi connectivity index (χ1) is 19.6. The van der Waals surface area contributed by atoms with Crippen molar-refractivity contribution < 1.29 is 23.8 Å². The number of amides is 2. The molecule has 40 heavy (non-hydrogen) atoms. The van der Waals surface area contributed by atoms with Crippen molar-refractivity contribution in [1.29, 1.82) is 0 Å². The highest BCUT2D eigenvalue weighted by molar-refractivity contribution is 5.98. The lowest BCUT2D eigenvalue weighted by Gasteiger charge is -2.35. The minimum atomic E-state index is -0.0389. The SMILES string of the molecule is COc1ccc(CCNC(=O)c2ccccc2C2CCN(CCN3C(=O)COc4ccccc43)CC2)cc1OC. The molecule has 1 saturated heterocycles. The van der Waals surface area contributed by atoms with Crippen molar-refractivity contribution in [3.8, 4) is 17.2 Å². The van der Waals surface area contributed by atoms with E-state index in [0.717, 1.165) is 60.6 Å². The zero-order valence-corrected chi connectivity index (χ0v) is 23.2. The van der Waals surface area contributed by atoms with Crippen LogP contribution in [0.4, 0.5) is 5.69 Å². The fourth-order valence-electron chi connectivity index (χ4n) is 5.62. The van der Waals surface area contributed by atoms with E-state index in [1.807, 2.05) is 65.6 Å². The quantitative estimate of drug-likeness (QED) is 0.411. The Morgan fingerprint density at radius 3 is 2.50 bits per heavy atom. The number of hydrogen-bond acceptors (Lipinski definition) is 6. The first kappa shape index (κ1) is 27.5. The Morgan fingerprint density at radius 1 is 0.950 bits per heavy atom. The molecule has 8 nitrogen and oxygen atoms in total. The summed E-state index contributed by atoms with van der Waals surface area (Å²) >= 11 is 0. The molecule has 0 aliphatic carbocycles. The van der Waals surface area contributed by atoms with Crippen molar-refractivity contribution in [2.45, 2.75) is 25.2 Å². The molecule has 2 amide bonds. The maximum Gasteiger partial charge on any atom is 0.265 e. The molecule has 0 aromatic heterocycles. The van der Waals surface area contributed by atoms with Crippen molar-refractivity contribution >= 4 is 17.5 Å². The molecule has 0 saturated carbocycles. The van der Waals surface area contributed by atoms with E-state index in [1.54, 1.807) is 14.2 Å². The lowest BCUT2D eigenvalue weighted by atomic mass is 9.86. The third kappa shape index (κ3) is 6.23. The first-order valence-electron chi connectivity index (χ1n) is 13.9. The number of benzene rings is 3. The average Bonchev–Trinajstić information content (AvgIpc) is 3.00. The van der Waals surface area contributed by atoms with Crippen molar-refractivity contribution in [3.63, 3.8) is 0 Å². The van der Waals surface area contributed by atoms with Crippen LogP contribution in [0.3, 0.4) is 0 Å². The van der Waals surface area contributed by atoms with Gasteiger partial charge in [-0.25, -0.2) is 0 Å². The number of carbonyl (C=O) groups excluding carboxylic acids is 2. The summed E-state index contributed by atoms with van der Waals surface area (Å²) in [5, 5.41) is 3.10. The van der Waals surface area contributed by atoms with Crippen LogP contribution < -0.4 is 24.4 Å². The summed E-state index contributed by atoms with van der Waals surface area (Å²) in [6, 6.07) is 21.5. The second-order valence-corrected chi connectivity index (χ2v) is 10.2. The summed E-state index contributed by atoms with van der Waals surface area (Å²) in [7, 11) is 3.24. The van der Waals surface area contributed by atoms with E-state index in [2.05, 4.69) is 16.3 Å². The smallest absolute Gasteiger partial charge is 0.265 e. The molecule has 2 aliphatic heterocycles. The minimum absolute atomic E-state index is 0.000321. The zero-order chi connectivity index (χ0) is 27.9. The molecule has 2 heterocycles. The molecule has 3 aromatic carbocycles. The van der Waals surface area contributed by atoms with Gasteiger partial charge < -0.3 is 29.3 Å². The number of nitrogens with one attached hydrogen (secondary N) is 1. The number of methoxy groups -OCH3 is 2. The Morgan fingerprint density at radius 2 is 1.70 bits per heavy atom. The van der Waals surface area contributed by atoms with Crippen molar-refractivity contribution in [1.82, 2.24) is 10.2 Å². The van der Waals surface area contributed by atoms with Gasteiger partial charge in [0, 0.05) is 25.2 Å². The van der Waals surface area contributed by atoms with Gasteiger partial charge in [0.2, 0.25) is 0 Å². The van der Waals surface area contributed by atoms with E-state index >= 15 is 0 Å². The second kappa shape index (κ2) is 12.9. The number of ether oxygens (including phenoxy) is 3. The van der Waals surface area contributed by atoms with Gasteiger partial charge in [-0.05, 0) is 79.7 Å². The average molecular weight is 544 g/mol. The van der Waals surface area contributed by atoms with Crippen LogP contribution in [0.1, 0.15) is 40.2 Å². The standard InChI is InChI=1S/C32H37N3O5/c1-38-29-12-11-23(21-30(29)39-2)13-16-33-32(37)26-8-4-3-7-25(26)24-14-17-34(18-15-24)19-20-35-27-9-5-6-10-28(27)40-22-31(35)36/h3-12,21,24H,13-20,22H2,1-2H3,(H,33,37). The van der Waals surface area contributed by atoms with Crippen LogP contribution in [-0.2, 0) is 11.2 Å². The normalized spacial score (nSPS) is 15.8. The number of rotatable bonds is 10. The van der Waals surface area contributed by atoms with Crippen LogP contribution in [-0.4, -0.2) is 70.3 Å². The van der Waals surface area contributed by atoms with E-state index < -0.39 is 0 Å². The first-order valence-corrected chi connectivity index (χ1v) is 13.9. The molecule has 5 rings (SSSR count). The number of carbonyl (C=O) groups is 2. The Kier molecular flexibility index (Phi) is 8.86.